The Balaban J connectivity index is 1.91. The molecule has 122 valence electrons. The maximum Gasteiger partial charge on any atom is 0.229 e. The van der Waals surface area contributed by atoms with E-state index in [1.165, 1.54) is 6.92 Å². The number of oxazole rings is 1. The zero-order chi connectivity index (χ0) is 17.2. The molecule has 5 heteroatoms. The minimum absolute atomic E-state index is 0.206. The number of nitrogens with one attached hydrogen (secondary N) is 1. The number of aromatic nitrogens is 2. The van der Waals surface area contributed by atoms with E-state index >= 15 is 0 Å². The number of anilines is 1. The Morgan fingerprint density at radius 2 is 1.88 bits per heavy atom. The van der Waals surface area contributed by atoms with Crippen molar-refractivity contribution in [3.8, 4) is 22.7 Å². The first-order valence-electron chi connectivity index (χ1n) is 7.89. The molecule has 0 saturated heterocycles. The highest BCUT2D eigenvalue weighted by molar-refractivity contribution is 5.96. The first-order valence-corrected chi connectivity index (χ1v) is 7.89. The number of nitrogens with zero attached hydrogens (tertiary/aromatic N) is 2. The van der Waals surface area contributed by atoms with Gasteiger partial charge in [0.25, 0.3) is 0 Å². The minimum atomic E-state index is -0.206. The highest BCUT2D eigenvalue weighted by Gasteiger charge is 2.18. The van der Waals surface area contributed by atoms with Crippen LogP contribution in [0.25, 0.3) is 33.5 Å². The van der Waals surface area contributed by atoms with Crippen LogP contribution in [0.3, 0.4) is 0 Å². The standard InChI is InChI=1S/C20H15N3O2/c1-13(24)22-20-18(14-6-3-2-4-7-14)23-19(25-20)17-9-5-8-15-12-21-11-10-16(15)17/h2-12H,1H3,(H,22,24). The molecule has 1 amide bonds. The van der Waals surface area contributed by atoms with Gasteiger partial charge in [0.1, 0.15) is 5.69 Å². The molecule has 0 bridgehead atoms. The third kappa shape index (κ3) is 2.87. The fourth-order valence-electron chi connectivity index (χ4n) is 2.78. The average molecular weight is 329 g/mol. The molecule has 0 spiro atoms. The van der Waals surface area contributed by atoms with Crippen molar-refractivity contribution in [1.82, 2.24) is 9.97 Å². The van der Waals surface area contributed by atoms with Gasteiger partial charge >= 0.3 is 0 Å². The second-order valence-corrected chi connectivity index (χ2v) is 5.65. The topological polar surface area (TPSA) is 68.0 Å². The van der Waals surface area contributed by atoms with E-state index in [2.05, 4.69) is 15.3 Å². The number of amides is 1. The Bertz CT molecular complexity index is 1050. The fourth-order valence-corrected chi connectivity index (χ4v) is 2.78. The number of benzene rings is 2. The number of carbonyl (C=O) groups is 1. The molecule has 4 rings (SSSR count). The lowest BCUT2D eigenvalue weighted by Gasteiger charge is -2.02. The molecule has 0 aliphatic rings. The predicted octanol–water partition coefficient (Wildman–Crippen LogP) is 4.52. The Hall–Kier alpha value is -3.47. The summed E-state index contributed by atoms with van der Waals surface area (Å²) in [4.78, 5) is 20.3. The zero-order valence-electron chi connectivity index (χ0n) is 13.6. The van der Waals surface area contributed by atoms with Crippen molar-refractivity contribution in [2.45, 2.75) is 6.92 Å². The van der Waals surface area contributed by atoms with Crippen molar-refractivity contribution in [2.24, 2.45) is 0 Å². The molecule has 2 aromatic carbocycles. The van der Waals surface area contributed by atoms with Gasteiger partial charge in [-0.05, 0) is 17.5 Å². The molecule has 0 radical (unpaired) electrons. The van der Waals surface area contributed by atoms with Gasteiger partial charge < -0.3 is 4.42 Å². The molecule has 4 aromatic rings. The fraction of sp³-hybridized carbons (Fsp3) is 0.0500. The molecule has 0 aliphatic heterocycles. The van der Waals surface area contributed by atoms with E-state index in [1.807, 2.05) is 54.6 Å². The van der Waals surface area contributed by atoms with Gasteiger partial charge in [0.2, 0.25) is 17.7 Å². The van der Waals surface area contributed by atoms with Gasteiger partial charge in [0.15, 0.2) is 0 Å². The highest BCUT2D eigenvalue weighted by Crippen LogP contribution is 2.35. The number of carbonyl (C=O) groups excluding carboxylic acids is 1. The van der Waals surface area contributed by atoms with Gasteiger partial charge in [-0.15, -0.1) is 0 Å². The van der Waals surface area contributed by atoms with Gasteiger partial charge in [-0.1, -0.05) is 42.5 Å². The first-order chi connectivity index (χ1) is 12.2. The van der Waals surface area contributed by atoms with Crippen LogP contribution in [0.4, 0.5) is 5.88 Å². The molecular weight excluding hydrogens is 314 g/mol. The van der Waals surface area contributed by atoms with Crippen molar-refractivity contribution in [2.75, 3.05) is 5.32 Å². The van der Waals surface area contributed by atoms with Crippen LogP contribution in [0.5, 0.6) is 0 Å². The normalized spacial score (nSPS) is 10.8. The van der Waals surface area contributed by atoms with Crippen LogP contribution in [0.15, 0.2) is 71.4 Å². The van der Waals surface area contributed by atoms with Crippen LogP contribution in [0.2, 0.25) is 0 Å². The smallest absolute Gasteiger partial charge is 0.229 e. The van der Waals surface area contributed by atoms with E-state index in [4.69, 9.17) is 4.42 Å². The molecule has 0 saturated carbocycles. The molecule has 0 atom stereocenters. The van der Waals surface area contributed by atoms with Gasteiger partial charge in [-0.25, -0.2) is 4.98 Å². The third-order valence-electron chi connectivity index (χ3n) is 3.88. The van der Waals surface area contributed by atoms with Crippen LogP contribution in [-0.2, 0) is 4.79 Å². The van der Waals surface area contributed by atoms with Crippen molar-refractivity contribution in [3.63, 3.8) is 0 Å². The third-order valence-corrected chi connectivity index (χ3v) is 3.88. The molecule has 2 aromatic heterocycles. The maximum absolute atomic E-state index is 11.5. The summed E-state index contributed by atoms with van der Waals surface area (Å²) < 4.78 is 5.91. The van der Waals surface area contributed by atoms with E-state index in [-0.39, 0.29) is 5.91 Å². The molecule has 2 heterocycles. The molecule has 0 aliphatic carbocycles. The number of hydrogen-bond donors (Lipinski definition) is 1. The van der Waals surface area contributed by atoms with E-state index in [0.29, 0.717) is 17.5 Å². The Labute approximate surface area is 144 Å². The lowest BCUT2D eigenvalue weighted by Crippen LogP contribution is -2.05. The molecular formula is C20H15N3O2. The largest absolute Gasteiger partial charge is 0.420 e. The molecule has 0 unspecified atom stereocenters. The van der Waals surface area contributed by atoms with Crippen molar-refractivity contribution in [1.29, 1.82) is 0 Å². The van der Waals surface area contributed by atoms with Gasteiger partial charge in [0.05, 0.1) is 0 Å². The summed E-state index contributed by atoms with van der Waals surface area (Å²) >= 11 is 0. The van der Waals surface area contributed by atoms with E-state index in [0.717, 1.165) is 21.9 Å². The van der Waals surface area contributed by atoms with Crippen LogP contribution in [-0.4, -0.2) is 15.9 Å². The summed E-state index contributed by atoms with van der Waals surface area (Å²) in [5.74, 6) is 0.598. The second kappa shape index (κ2) is 6.20. The lowest BCUT2D eigenvalue weighted by atomic mass is 10.1. The number of rotatable bonds is 3. The SMILES string of the molecule is CC(=O)Nc1oc(-c2cccc3cnccc23)nc1-c1ccccc1. The van der Waals surface area contributed by atoms with Crippen molar-refractivity contribution < 1.29 is 9.21 Å². The highest BCUT2D eigenvalue weighted by atomic mass is 16.4. The lowest BCUT2D eigenvalue weighted by molar-refractivity contribution is -0.114. The number of hydrogen-bond acceptors (Lipinski definition) is 4. The van der Waals surface area contributed by atoms with Gasteiger partial charge in [-0.2, -0.15) is 0 Å². The minimum Gasteiger partial charge on any atom is -0.420 e. The van der Waals surface area contributed by atoms with Crippen LogP contribution in [0.1, 0.15) is 6.92 Å². The average Bonchev–Trinajstić information content (AvgIpc) is 3.05. The summed E-state index contributed by atoms with van der Waals surface area (Å²) in [6.07, 6.45) is 3.54. The Kier molecular flexibility index (Phi) is 3.74. The van der Waals surface area contributed by atoms with Gasteiger partial charge in [0, 0.05) is 35.8 Å². The summed E-state index contributed by atoms with van der Waals surface area (Å²) in [7, 11) is 0. The Morgan fingerprint density at radius 1 is 1.04 bits per heavy atom. The Morgan fingerprint density at radius 3 is 2.68 bits per heavy atom. The predicted molar refractivity (Wildman–Crippen MR) is 97.0 cm³/mol. The summed E-state index contributed by atoms with van der Waals surface area (Å²) in [5, 5.41) is 4.72. The summed E-state index contributed by atoms with van der Waals surface area (Å²) in [6.45, 7) is 1.44. The van der Waals surface area contributed by atoms with E-state index < -0.39 is 0 Å². The summed E-state index contributed by atoms with van der Waals surface area (Å²) in [6, 6.07) is 17.4. The van der Waals surface area contributed by atoms with Crippen LogP contribution >= 0.6 is 0 Å². The maximum atomic E-state index is 11.5. The zero-order valence-corrected chi connectivity index (χ0v) is 13.6. The van der Waals surface area contributed by atoms with E-state index in [1.54, 1.807) is 12.4 Å². The molecule has 1 N–H and O–H groups in total. The molecule has 25 heavy (non-hydrogen) atoms. The van der Waals surface area contributed by atoms with Crippen molar-refractivity contribution >= 4 is 22.6 Å². The summed E-state index contributed by atoms with van der Waals surface area (Å²) in [5.41, 5.74) is 2.34. The van der Waals surface area contributed by atoms with Crippen molar-refractivity contribution in [3.05, 3.63) is 67.0 Å². The number of fused-ring (bicyclic) bond motifs is 1. The van der Waals surface area contributed by atoms with Crippen LogP contribution < -0.4 is 5.32 Å². The van der Waals surface area contributed by atoms with E-state index in [9.17, 15) is 4.79 Å². The monoisotopic (exact) mass is 329 g/mol. The first kappa shape index (κ1) is 15.1. The molecule has 0 fully saturated rings. The number of pyridine rings is 1. The quantitative estimate of drug-likeness (QED) is 0.600. The van der Waals surface area contributed by atoms with Crippen LogP contribution in [0, 0.1) is 0 Å². The molecule has 5 nitrogen and oxygen atoms in total. The van der Waals surface area contributed by atoms with Gasteiger partial charge in [-0.3, -0.25) is 15.1 Å². The second-order valence-electron chi connectivity index (χ2n) is 5.65.